The van der Waals surface area contributed by atoms with Crippen molar-refractivity contribution < 1.29 is 4.42 Å². The molecule has 0 saturated carbocycles. The second kappa shape index (κ2) is 3.96. The molecule has 4 heteroatoms. The molecule has 2 rings (SSSR count). The fourth-order valence-electron chi connectivity index (χ4n) is 1.24. The molecule has 1 aromatic heterocycles. The summed E-state index contributed by atoms with van der Waals surface area (Å²) in [6.45, 7) is 1.74. The summed E-state index contributed by atoms with van der Waals surface area (Å²) < 4.78 is 4.88. The van der Waals surface area contributed by atoms with Crippen LogP contribution in [-0.2, 0) is 0 Å². The monoisotopic (exact) mass is 202 g/mol. The van der Waals surface area contributed by atoms with Gasteiger partial charge in [0.05, 0.1) is 5.69 Å². The molecule has 0 spiro atoms. The number of aromatic nitrogens is 1. The van der Waals surface area contributed by atoms with Gasteiger partial charge in [-0.25, -0.2) is 4.79 Å². The zero-order valence-electron chi connectivity index (χ0n) is 8.23. The number of anilines is 2. The van der Waals surface area contributed by atoms with Crippen molar-refractivity contribution in [1.29, 1.82) is 0 Å². The SMILES string of the molecule is Cc1cc(Nc2ccccc2)oc(=O)n1. The molecule has 0 fully saturated rings. The maximum absolute atomic E-state index is 11.0. The zero-order chi connectivity index (χ0) is 10.7. The number of nitrogens with one attached hydrogen (secondary N) is 1. The van der Waals surface area contributed by atoms with Crippen LogP contribution < -0.4 is 11.1 Å². The Labute approximate surface area is 86.6 Å². The molecule has 0 bridgehead atoms. The van der Waals surface area contributed by atoms with Crippen LogP contribution in [0.15, 0.2) is 45.6 Å². The van der Waals surface area contributed by atoms with Gasteiger partial charge in [-0.2, -0.15) is 4.98 Å². The van der Waals surface area contributed by atoms with E-state index in [1.54, 1.807) is 13.0 Å². The second-order valence-electron chi connectivity index (χ2n) is 3.12. The van der Waals surface area contributed by atoms with Crippen LogP contribution in [0, 0.1) is 6.92 Å². The van der Waals surface area contributed by atoms with E-state index in [4.69, 9.17) is 4.42 Å². The van der Waals surface area contributed by atoms with Gasteiger partial charge in [0.25, 0.3) is 0 Å². The van der Waals surface area contributed by atoms with Gasteiger partial charge in [-0.1, -0.05) is 18.2 Å². The van der Waals surface area contributed by atoms with Gasteiger partial charge in [0.15, 0.2) is 0 Å². The molecule has 0 unspecified atom stereocenters. The molecule has 0 atom stereocenters. The second-order valence-corrected chi connectivity index (χ2v) is 3.12. The van der Waals surface area contributed by atoms with E-state index in [-0.39, 0.29) is 0 Å². The highest BCUT2D eigenvalue weighted by molar-refractivity contribution is 5.54. The summed E-state index contributed by atoms with van der Waals surface area (Å²) in [5.41, 5.74) is 1.50. The van der Waals surface area contributed by atoms with Crippen LogP contribution in [-0.4, -0.2) is 4.98 Å². The normalized spacial score (nSPS) is 9.93. The van der Waals surface area contributed by atoms with Gasteiger partial charge < -0.3 is 9.73 Å². The lowest BCUT2D eigenvalue weighted by Crippen LogP contribution is -2.06. The number of hydrogen-bond donors (Lipinski definition) is 1. The Morgan fingerprint density at radius 2 is 2.00 bits per heavy atom. The molecular formula is C11H10N2O2. The highest BCUT2D eigenvalue weighted by atomic mass is 16.4. The Morgan fingerprint density at radius 1 is 1.27 bits per heavy atom. The molecule has 0 saturated heterocycles. The number of benzene rings is 1. The molecule has 76 valence electrons. The maximum atomic E-state index is 11.0. The smallest absolute Gasteiger partial charge is 0.392 e. The quantitative estimate of drug-likeness (QED) is 0.810. The van der Waals surface area contributed by atoms with Crippen molar-refractivity contribution in [3.8, 4) is 0 Å². The van der Waals surface area contributed by atoms with E-state index in [1.807, 2.05) is 30.3 Å². The predicted octanol–water partition coefficient (Wildman–Crippen LogP) is 2.09. The van der Waals surface area contributed by atoms with E-state index in [9.17, 15) is 4.79 Å². The third-order valence-electron chi connectivity index (χ3n) is 1.85. The lowest BCUT2D eigenvalue weighted by atomic mass is 10.3. The number of hydrogen-bond acceptors (Lipinski definition) is 4. The van der Waals surface area contributed by atoms with Crippen LogP contribution in [0.25, 0.3) is 0 Å². The fourth-order valence-corrected chi connectivity index (χ4v) is 1.24. The first-order valence-electron chi connectivity index (χ1n) is 4.55. The van der Waals surface area contributed by atoms with Crippen LogP contribution >= 0.6 is 0 Å². The first-order chi connectivity index (χ1) is 7.24. The van der Waals surface area contributed by atoms with Crippen molar-refractivity contribution in [1.82, 2.24) is 4.98 Å². The molecule has 1 aromatic carbocycles. The summed E-state index contributed by atoms with van der Waals surface area (Å²) in [6, 6.07) is 11.2. The largest absolute Gasteiger partial charge is 0.440 e. The van der Waals surface area contributed by atoms with Crippen LogP contribution in [0.4, 0.5) is 11.6 Å². The Balaban J connectivity index is 2.29. The Hall–Kier alpha value is -2.10. The Kier molecular flexibility index (Phi) is 2.49. The van der Waals surface area contributed by atoms with Crippen LogP contribution in [0.1, 0.15) is 5.69 Å². The van der Waals surface area contributed by atoms with E-state index in [1.165, 1.54) is 0 Å². The number of rotatable bonds is 2. The molecule has 0 aliphatic heterocycles. The summed E-state index contributed by atoms with van der Waals surface area (Å²) >= 11 is 0. The zero-order valence-corrected chi connectivity index (χ0v) is 8.23. The average Bonchev–Trinajstić information content (AvgIpc) is 2.17. The molecule has 4 nitrogen and oxygen atoms in total. The highest BCUT2D eigenvalue weighted by Crippen LogP contribution is 2.14. The fraction of sp³-hybridized carbons (Fsp3) is 0.0909. The third kappa shape index (κ3) is 2.43. The van der Waals surface area contributed by atoms with Crippen molar-refractivity contribution in [3.63, 3.8) is 0 Å². The van der Waals surface area contributed by atoms with E-state index >= 15 is 0 Å². The summed E-state index contributed by atoms with van der Waals surface area (Å²) in [6.07, 6.45) is 0. The van der Waals surface area contributed by atoms with Gasteiger partial charge in [-0.3, -0.25) is 0 Å². The minimum absolute atomic E-state index is 0.402. The summed E-state index contributed by atoms with van der Waals surface area (Å²) in [7, 11) is 0. The average molecular weight is 202 g/mol. The number of nitrogens with zero attached hydrogens (tertiary/aromatic N) is 1. The first-order valence-corrected chi connectivity index (χ1v) is 4.55. The summed E-state index contributed by atoms with van der Waals surface area (Å²) in [5.74, 6) is -0.188. The van der Waals surface area contributed by atoms with Crippen LogP contribution in [0.5, 0.6) is 0 Å². The van der Waals surface area contributed by atoms with Gasteiger partial charge in [-0.05, 0) is 19.1 Å². The molecule has 2 aromatic rings. The maximum Gasteiger partial charge on any atom is 0.440 e. The van der Waals surface area contributed by atoms with Gasteiger partial charge >= 0.3 is 5.76 Å². The molecule has 0 amide bonds. The molecule has 0 aliphatic carbocycles. The molecule has 15 heavy (non-hydrogen) atoms. The summed E-state index contributed by atoms with van der Waals surface area (Å²) in [4.78, 5) is 14.6. The van der Waals surface area contributed by atoms with Crippen molar-refractivity contribution >= 4 is 11.6 Å². The minimum atomic E-state index is -0.589. The highest BCUT2D eigenvalue weighted by Gasteiger charge is 1.99. The first kappa shape index (κ1) is 9.45. The van der Waals surface area contributed by atoms with Gasteiger partial charge in [0.2, 0.25) is 5.88 Å². The Bertz CT molecular complexity index is 505. The molecular weight excluding hydrogens is 192 g/mol. The van der Waals surface area contributed by atoms with Gasteiger partial charge in [0, 0.05) is 11.8 Å². The molecule has 1 heterocycles. The van der Waals surface area contributed by atoms with Crippen molar-refractivity contribution in [3.05, 3.63) is 52.6 Å². The van der Waals surface area contributed by atoms with Crippen molar-refractivity contribution in [2.24, 2.45) is 0 Å². The minimum Gasteiger partial charge on any atom is -0.392 e. The third-order valence-corrected chi connectivity index (χ3v) is 1.85. The van der Waals surface area contributed by atoms with E-state index in [0.29, 0.717) is 11.6 Å². The van der Waals surface area contributed by atoms with E-state index < -0.39 is 5.76 Å². The molecule has 1 N–H and O–H groups in total. The van der Waals surface area contributed by atoms with Gasteiger partial charge in [0.1, 0.15) is 0 Å². The number of aryl methyl sites for hydroxylation is 1. The van der Waals surface area contributed by atoms with E-state index in [2.05, 4.69) is 10.3 Å². The molecule has 0 aliphatic rings. The molecule has 0 radical (unpaired) electrons. The number of para-hydroxylation sites is 1. The topological polar surface area (TPSA) is 55.1 Å². The van der Waals surface area contributed by atoms with Crippen molar-refractivity contribution in [2.75, 3.05) is 5.32 Å². The van der Waals surface area contributed by atoms with Crippen LogP contribution in [0.2, 0.25) is 0 Å². The Morgan fingerprint density at radius 3 is 2.67 bits per heavy atom. The van der Waals surface area contributed by atoms with Crippen LogP contribution in [0.3, 0.4) is 0 Å². The van der Waals surface area contributed by atoms with E-state index in [0.717, 1.165) is 5.69 Å². The van der Waals surface area contributed by atoms with Gasteiger partial charge in [-0.15, -0.1) is 0 Å². The lowest BCUT2D eigenvalue weighted by Gasteiger charge is -2.03. The predicted molar refractivity (Wildman–Crippen MR) is 57.2 cm³/mol. The van der Waals surface area contributed by atoms with Crippen molar-refractivity contribution in [2.45, 2.75) is 6.92 Å². The lowest BCUT2D eigenvalue weighted by molar-refractivity contribution is 0.498. The standard InChI is InChI=1S/C11H10N2O2/c1-8-7-10(15-11(14)12-8)13-9-5-3-2-4-6-9/h2-7,13H,1H3. The summed E-state index contributed by atoms with van der Waals surface area (Å²) in [5, 5.41) is 2.98.